The number of fused-ring (bicyclic) bond motifs is 1. The first kappa shape index (κ1) is 14.6. The Morgan fingerprint density at radius 3 is 2.57 bits per heavy atom. The van der Waals surface area contributed by atoms with Crippen molar-refractivity contribution in [2.24, 2.45) is 0 Å². The highest BCUT2D eigenvalue weighted by molar-refractivity contribution is 5.77. The Bertz CT molecular complexity index is 434. The van der Waals surface area contributed by atoms with Gasteiger partial charge in [0.2, 0.25) is 6.29 Å². The standard InChI is InChI=1S/C13H16F2O6/c1-12(14,15)11(17)18-7-2-4-13(5-3-7)20-8-6-9(16)19-10(8)21-13/h7-8,10H,2-6H2,1H3. The van der Waals surface area contributed by atoms with Gasteiger partial charge in [-0.2, -0.15) is 8.78 Å². The average Bonchev–Trinajstić information content (AvgIpc) is 2.85. The van der Waals surface area contributed by atoms with E-state index in [0.717, 1.165) is 0 Å². The fourth-order valence-corrected chi connectivity index (χ4v) is 2.87. The summed E-state index contributed by atoms with van der Waals surface area (Å²) in [6.07, 6.45) is 0.0599. The van der Waals surface area contributed by atoms with Crippen LogP contribution >= 0.6 is 0 Å². The third-order valence-electron chi connectivity index (χ3n) is 3.94. The summed E-state index contributed by atoms with van der Waals surface area (Å²) in [6.45, 7) is 0.512. The molecule has 6 nitrogen and oxygen atoms in total. The number of hydrogen-bond acceptors (Lipinski definition) is 6. The molecule has 0 N–H and O–H groups in total. The molecule has 0 bridgehead atoms. The highest BCUT2D eigenvalue weighted by Gasteiger charge is 2.54. The molecule has 1 aliphatic carbocycles. The molecule has 8 heteroatoms. The zero-order valence-electron chi connectivity index (χ0n) is 11.5. The predicted octanol–water partition coefficient (Wildman–Crippen LogP) is 1.51. The number of esters is 2. The number of hydrogen-bond donors (Lipinski definition) is 0. The fraction of sp³-hybridized carbons (Fsp3) is 0.846. The minimum atomic E-state index is -3.49. The minimum Gasteiger partial charge on any atom is -0.458 e. The topological polar surface area (TPSA) is 71.1 Å². The second-order valence-electron chi connectivity index (χ2n) is 5.74. The van der Waals surface area contributed by atoms with Gasteiger partial charge in [0.1, 0.15) is 12.2 Å². The first-order chi connectivity index (χ1) is 9.77. The van der Waals surface area contributed by atoms with Gasteiger partial charge < -0.3 is 18.9 Å². The number of ether oxygens (including phenoxy) is 4. The second kappa shape index (κ2) is 4.88. The van der Waals surface area contributed by atoms with Gasteiger partial charge in [0.15, 0.2) is 5.79 Å². The van der Waals surface area contributed by atoms with E-state index in [1.165, 1.54) is 0 Å². The van der Waals surface area contributed by atoms with Crippen LogP contribution in [0.15, 0.2) is 0 Å². The third-order valence-corrected chi connectivity index (χ3v) is 3.94. The molecule has 1 spiro atoms. The summed E-state index contributed by atoms with van der Waals surface area (Å²) in [5.41, 5.74) is 0. The van der Waals surface area contributed by atoms with E-state index in [9.17, 15) is 18.4 Å². The molecule has 0 aromatic heterocycles. The Morgan fingerprint density at radius 1 is 1.33 bits per heavy atom. The number of carbonyl (C=O) groups is 2. The number of alkyl halides is 2. The maximum Gasteiger partial charge on any atom is 0.376 e. The molecule has 2 aliphatic heterocycles. The van der Waals surface area contributed by atoms with Crippen molar-refractivity contribution in [1.29, 1.82) is 0 Å². The number of rotatable bonds is 2. The lowest BCUT2D eigenvalue weighted by Crippen LogP contribution is -2.41. The lowest BCUT2D eigenvalue weighted by Gasteiger charge is -2.35. The van der Waals surface area contributed by atoms with Gasteiger partial charge in [-0.3, -0.25) is 4.79 Å². The molecule has 3 fully saturated rings. The molecule has 3 aliphatic rings. The summed E-state index contributed by atoms with van der Waals surface area (Å²) in [7, 11) is 0. The summed E-state index contributed by atoms with van der Waals surface area (Å²) in [6, 6.07) is 0. The Kier molecular flexibility index (Phi) is 3.40. The van der Waals surface area contributed by atoms with Crippen LogP contribution in [0.25, 0.3) is 0 Å². The molecule has 21 heavy (non-hydrogen) atoms. The van der Waals surface area contributed by atoms with E-state index in [2.05, 4.69) is 0 Å². The molecule has 2 unspecified atom stereocenters. The van der Waals surface area contributed by atoms with Crippen LogP contribution < -0.4 is 0 Å². The largest absolute Gasteiger partial charge is 0.458 e. The van der Waals surface area contributed by atoms with Crippen molar-refractivity contribution in [3.05, 3.63) is 0 Å². The van der Waals surface area contributed by atoms with Crippen molar-refractivity contribution in [2.75, 3.05) is 0 Å². The van der Waals surface area contributed by atoms with Crippen LogP contribution in [0.5, 0.6) is 0 Å². The van der Waals surface area contributed by atoms with Gasteiger partial charge in [-0.25, -0.2) is 4.79 Å². The molecular formula is C13H16F2O6. The van der Waals surface area contributed by atoms with Crippen molar-refractivity contribution in [1.82, 2.24) is 0 Å². The third kappa shape index (κ3) is 2.87. The highest BCUT2D eigenvalue weighted by atomic mass is 19.3. The summed E-state index contributed by atoms with van der Waals surface area (Å²) >= 11 is 0. The zero-order chi connectivity index (χ0) is 15.3. The number of carbonyl (C=O) groups excluding carboxylic acids is 2. The Balaban J connectivity index is 1.52. The van der Waals surface area contributed by atoms with Crippen LogP contribution in [-0.2, 0) is 28.5 Å². The van der Waals surface area contributed by atoms with E-state index in [1.54, 1.807) is 0 Å². The van der Waals surface area contributed by atoms with Crippen molar-refractivity contribution < 1.29 is 37.3 Å². The summed E-state index contributed by atoms with van der Waals surface area (Å²) in [4.78, 5) is 22.2. The molecule has 0 aromatic carbocycles. The van der Waals surface area contributed by atoms with E-state index in [0.29, 0.717) is 32.6 Å². The molecule has 0 aromatic rings. The Morgan fingerprint density at radius 2 is 2.00 bits per heavy atom. The normalized spacial score (nSPS) is 39.2. The van der Waals surface area contributed by atoms with E-state index in [1.807, 2.05) is 0 Å². The predicted molar refractivity (Wildman–Crippen MR) is 62.2 cm³/mol. The highest BCUT2D eigenvalue weighted by Crippen LogP contribution is 2.44. The maximum absolute atomic E-state index is 12.8. The molecule has 2 atom stereocenters. The van der Waals surface area contributed by atoms with E-state index in [-0.39, 0.29) is 12.4 Å². The molecular weight excluding hydrogens is 290 g/mol. The monoisotopic (exact) mass is 306 g/mol. The fourth-order valence-electron chi connectivity index (χ4n) is 2.87. The molecule has 0 radical (unpaired) electrons. The lowest BCUT2D eigenvalue weighted by molar-refractivity contribution is -0.237. The van der Waals surface area contributed by atoms with Gasteiger partial charge >= 0.3 is 17.9 Å². The van der Waals surface area contributed by atoms with Crippen molar-refractivity contribution in [3.63, 3.8) is 0 Å². The van der Waals surface area contributed by atoms with E-state index in [4.69, 9.17) is 18.9 Å². The summed E-state index contributed by atoms with van der Waals surface area (Å²) in [5, 5.41) is 0. The zero-order valence-corrected chi connectivity index (χ0v) is 11.5. The Labute approximate surface area is 119 Å². The van der Waals surface area contributed by atoms with Gasteiger partial charge in [0.25, 0.3) is 0 Å². The van der Waals surface area contributed by atoms with Crippen molar-refractivity contribution >= 4 is 11.9 Å². The molecule has 0 amide bonds. The summed E-state index contributed by atoms with van der Waals surface area (Å²) < 4.78 is 46.7. The van der Waals surface area contributed by atoms with E-state index >= 15 is 0 Å². The van der Waals surface area contributed by atoms with Gasteiger partial charge in [-0.15, -0.1) is 0 Å². The quantitative estimate of drug-likeness (QED) is 0.720. The smallest absolute Gasteiger partial charge is 0.376 e. The average molecular weight is 306 g/mol. The second-order valence-corrected chi connectivity index (χ2v) is 5.74. The van der Waals surface area contributed by atoms with Crippen LogP contribution in [0.3, 0.4) is 0 Å². The van der Waals surface area contributed by atoms with Crippen LogP contribution in [0.4, 0.5) is 8.78 Å². The summed E-state index contributed by atoms with van der Waals surface area (Å²) in [5.74, 6) is -6.20. The van der Waals surface area contributed by atoms with Crippen LogP contribution in [0.1, 0.15) is 39.0 Å². The van der Waals surface area contributed by atoms with Crippen LogP contribution in [0.2, 0.25) is 0 Å². The first-order valence-electron chi connectivity index (χ1n) is 6.91. The van der Waals surface area contributed by atoms with Crippen LogP contribution in [0, 0.1) is 0 Å². The lowest BCUT2D eigenvalue weighted by atomic mass is 9.91. The number of halogens is 2. The molecule has 1 saturated carbocycles. The van der Waals surface area contributed by atoms with Gasteiger partial charge in [-0.05, 0) is 12.8 Å². The Hall–Kier alpha value is -1.28. The SMILES string of the molecule is CC(F)(F)C(=O)OC1CCC2(CC1)OC1CC(=O)OC1O2. The molecule has 2 saturated heterocycles. The molecule has 3 rings (SSSR count). The van der Waals surface area contributed by atoms with Gasteiger partial charge in [-0.1, -0.05) is 0 Å². The van der Waals surface area contributed by atoms with Gasteiger partial charge in [0.05, 0.1) is 6.42 Å². The van der Waals surface area contributed by atoms with E-state index < -0.39 is 36.2 Å². The molecule has 2 heterocycles. The van der Waals surface area contributed by atoms with Crippen LogP contribution in [-0.4, -0.2) is 42.1 Å². The van der Waals surface area contributed by atoms with Crippen molar-refractivity contribution in [3.8, 4) is 0 Å². The first-order valence-corrected chi connectivity index (χ1v) is 6.91. The molecule has 118 valence electrons. The maximum atomic E-state index is 12.8. The van der Waals surface area contributed by atoms with Gasteiger partial charge in [0, 0.05) is 19.8 Å². The van der Waals surface area contributed by atoms with Crippen molar-refractivity contribution in [2.45, 2.75) is 69.2 Å². The minimum absolute atomic E-state index is 0.160.